The highest BCUT2D eigenvalue weighted by Gasteiger charge is 2.22. The molecule has 15 heavy (non-hydrogen) atoms. The molecule has 2 rings (SSSR count). The van der Waals surface area contributed by atoms with Gasteiger partial charge in [0, 0.05) is 25.5 Å². The van der Waals surface area contributed by atoms with E-state index in [1.807, 2.05) is 21.8 Å². The van der Waals surface area contributed by atoms with Crippen molar-refractivity contribution in [2.45, 2.75) is 18.9 Å². The van der Waals surface area contributed by atoms with E-state index < -0.39 is 0 Å². The third-order valence-electron chi connectivity index (χ3n) is 2.89. The number of hydrogen-bond donors (Lipinski definition) is 1. The Labute approximate surface area is 88.8 Å². The van der Waals surface area contributed by atoms with Crippen LogP contribution in [0.1, 0.15) is 18.9 Å². The summed E-state index contributed by atoms with van der Waals surface area (Å²) >= 11 is 0. The Kier molecular flexibility index (Phi) is 3.01. The molecule has 2 N–H and O–H groups in total. The lowest BCUT2D eigenvalue weighted by atomic mass is 10.1. The van der Waals surface area contributed by atoms with Crippen molar-refractivity contribution in [3.05, 3.63) is 18.5 Å². The second-order valence-electron chi connectivity index (χ2n) is 3.80. The monoisotopic (exact) mass is 208 g/mol. The van der Waals surface area contributed by atoms with Gasteiger partial charge in [0.15, 0.2) is 0 Å². The number of piperidine rings is 1. The quantitative estimate of drug-likeness (QED) is 0.744. The zero-order valence-electron chi connectivity index (χ0n) is 8.67. The number of likely N-dealkylation sites (tertiary alicyclic amines) is 1. The van der Waals surface area contributed by atoms with Gasteiger partial charge in [0.2, 0.25) is 5.91 Å². The Bertz CT molecular complexity index is 314. The predicted molar refractivity (Wildman–Crippen MR) is 56.1 cm³/mol. The van der Waals surface area contributed by atoms with E-state index in [0.717, 1.165) is 25.9 Å². The van der Waals surface area contributed by atoms with Crippen LogP contribution < -0.4 is 5.73 Å². The summed E-state index contributed by atoms with van der Waals surface area (Å²) in [5.41, 5.74) is 5.32. The molecule has 82 valence electrons. The van der Waals surface area contributed by atoms with E-state index in [4.69, 9.17) is 5.73 Å². The van der Waals surface area contributed by atoms with Gasteiger partial charge in [0.1, 0.15) is 0 Å². The first-order chi connectivity index (χ1) is 7.31. The van der Waals surface area contributed by atoms with Crippen molar-refractivity contribution >= 4 is 5.91 Å². The van der Waals surface area contributed by atoms with Gasteiger partial charge in [0.05, 0.1) is 12.6 Å². The molecule has 0 bridgehead atoms. The van der Waals surface area contributed by atoms with Crippen LogP contribution in [0.25, 0.3) is 0 Å². The summed E-state index contributed by atoms with van der Waals surface area (Å²) in [6.45, 7) is 1.70. The minimum absolute atomic E-state index is 0.0499. The van der Waals surface area contributed by atoms with E-state index in [-0.39, 0.29) is 12.5 Å². The topological polar surface area (TPSA) is 64.2 Å². The highest BCUT2D eigenvalue weighted by atomic mass is 16.2. The number of carbonyl (C=O) groups excluding carboxylic acids is 1. The summed E-state index contributed by atoms with van der Waals surface area (Å²) in [7, 11) is 0. The largest absolute Gasteiger partial charge is 0.341 e. The molecule has 5 nitrogen and oxygen atoms in total. The minimum Gasteiger partial charge on any atom is -0.341 e. The maximum Gasteiger partial charge on any atom is 0.236 e. The van der Waals surface area contributed by atoms with Crippen molar-refractivity contribution in [1.29, 1.82) is 0 Å². The molecule has 0 radical (unpaired) electrons. The van der Waals surface area contributed by atoms with Gasteiger partial charge in [-0.15, -0.1) is 0 Å². The van der Waals surface area contributed by atoms with E-state index in [1.165, 1.54) is 0 Å². The molecule has 0 unspecified atom stereocenters. The SMILES string of the molecule is NCC(=O)N1CCC(n2cccn2)CC1. The smallest absolute Gasteiger partial charge is 0.236 e. The lowest BCUT2D eigenvalue weighted by Gasteiger charge is -2.31. The Morgan fingerprint density at radius 2 is 2.20 bits per heavy atom. The number of hydrogen-bond acceptors (Lipinski definition) is 3. The minimum atomic E-state index is 0.0499. The fourth-order valence-electron chi connectivity index (χ4n) is 2.01. The third-order valence-corrected chi connectivity index (χ3v) is 2.89. The summed E-state index contributed by atoms with van der Waals surface area (Å²) in [4.78, 5) is 13.2. The van der Waals surface area contributed by atoms with Crippen LogP contribution >= 0.6 is 0 Å². The summed E-state index contributed by atoms with van der Waals surface area (Å²) in [6, 6.07) is 2.36. The van der Waals surface area contributed by atoms with Gasteiger partial charge >= 0.3 is 0 Å². The highest BCUT2D eigenvalue weighted by Crippen LogP contribution is 2.21. The van der Waals surface area contributed by atoms with Crippen LogP contribution in [-0.2, 0) is 4.79 Å². The highest BCUT2D eigenvalue weighted by molar-refractivity contribution is 5.78. The van der Waals surface area contributed by atoms with Crippen molar-refractivity contribution in [2.75, 3.05) is 19.6 Å². The van der Waals surface area contributed by atoms with Crippen molar-refractivity contribution in [3.63, 3.8) is 0 Å². The average Bonchev–Trinajstić information content (AvgIpc) is 2.82. The average molecular weight is 208 g/mol. The van der Waals surface area contributed by atoms with Gasteiger partial charge in [-0.2, -0.15) is 5.10 Å². The van der Waals surface area contributed by atoms with Crippen LogP contribution in [0.4, 0.5) is 0 Å². The van der Waals surface area contributed by atoms with Gasteiger partial charge in [-0.3, -0.25) is 9.48 Å². The molecule has 0 aliphatic carbocycles. The van der Waals surface area contributed by atoms with Crippen molar-refractivity contribution in [2.24, 2.45) is 5.73 Å². The Morgan fingerprint density at radius 1 is 1.47 bits per heavy atom. The first-order valence-electron chi connectivity index (χ1n) is 5.28. The van der Waals surface area contributed by atoms with E-state index in [1.54, 1.807) is 6.20 Å². The van der Waals surface area contributed by atoms with Crippen LogP contribution in [0.3, 0.4) is 0 Å². The van der Waals surface area contributed by atoms with Crippen LogP contribution in [-0.4, -0.2) is 40.2 Å². The number of carbonyl (C=O) groups is 1. The van der Waals surface area contributed by atoms with E-state index in [9.17, 15) is 4.79 Å². The number of amides is 1. The molecule has 1 aromatic rings. The lowest BCUT2D eigenvalue weighted by Crippen LogP contribution is -2.42. The molecule has 1 aliphatic rings. The van der Waals surface area contributed by atoms with Crippen LogP contribution in [0, 0.1) is 0 Å². The van der Waals surface area contributed by atoms with Gasteiger partial charge in [-0.05, 0) is 18.9 Å². The Hall–Kier alpha value is -1.36. The molecule has 1 fully saturated rings. The standard InChI is InChI=1S/C10H16N4O/c11-8-10(15)13-6-2-9(3-7-13)14-5-1-4-12-14/h1,4-5,9H,2-3,6-8,11H2. The number of rotatable bonds is 2. The first-order valence-corrected chi connectivity index (χ1v) is 5.28. The molecule has 0 saturated carbocycles. The van der Waals surface area contributed by atoms with Gasteiger partial charge < -0.3 is 10.6 Å². The summed E-state index contributed by atoms with van der Waals surface area (Å²) in [5, 5.41) is 4.22. The molecule has 0 aromatic carbocycles. The number of nitrogens with zero attached hydrogens (tertiary/aromatic N) is 3. The zero-order valence-corrected chi connectivity index (χ0v) is 8.67. The van der Waals surface area contributed by atoms with Crippen LogP contribution in [0.5, 0.6) is 0 Å². The molecule has 1 amide bonds. The predicted octanol–water partition coefficient (Wildman–Crippen LogP) is 0.00530. The normalized spacial score (nSPS) is 18.1. The van der Waals surface area contributed by atoms with Crippen molar-refractivity contribution < 1.29 is 4.79 Å². The number of nitrogens with two attached hydrogens (primary N) is 1. The molecule has 2 heterocycles. The molecule has 0 atom stereocenters. The third kappa shape index (κ3) is 2.18. The molecular weight excluding hydrogens is 192 g/mol. The summed E-state index contributed by atoms with van der Waals surface area (Å²) in [5.74, 6) is 0.0499. The molecule has 1 aliphatic heterocycles. The maximum atomic E-state index is 11.3. The number of aromatic nitrogens is 2. The van der Waals surface area contributed by atoms with Gasteiger partial charge in [0.25, 0.3) is 0 Å². The Morgan fingerprint density at radius 3 is 2.73 bits per heavy atom. The fourth-order valence-corrected chi connectivity index (χ4v) is 2.01. The maximum absolute atomic E-state index is 11.3. The molecule has 1 saturated heterocycles. The molecule has 0 spiro atoms. The lowest BCUT2D eigenvalue weighted by molar-refractivity contribution is -0.130. The van der Waals surface area contributed by atoms with Gasteiger partial charge in [-0.1, -0.05) is 0 Å². The van der Waals surface area contributed by atoms with Gasteiger partial charge in [-0.25, -0.2) is 0 Å². The summed E-state index contributed by atoms with van der Waals surface area (Å²) in [6.07, 6.45) is 5.70. The Balaban J connectivity index is 1.90. The van der Waals surface area contributed by atoms with Crippen molar-refractivity contribution in [3.8, 4) is 0 Å². The first kappa shape index (κ1) is 10.2. The van der Waals surface area contributed by atoms with E-state index >= 15 is 0 Å². The second kappa shape index (κ2) is 4.44. The fraction of sp³-hybridized carbons (Fsp3) is 0.600. The van der Waals surface area contributed by atoms with E-state index in [0.29, 0.717) is 6.04 Å². The molecule has 5 heteroatoms. The molecular formula is C10H16N4O. The molecule has 1 aromatic heterocycles. The van der Waals surface area contributed by atoms with E-state index in [2.05, 4.69) is 5.10 Å². The second-order valence-corrected chi connectivity index (χ2v) is 3.80. The zero-order chi connectivity index (χ0) is 10.7. The van der Waals surface area contributed by atoms with Crippen LogP contribution in [0.15, 0.2) is 18.5 Å². The van der Waals surface area contributed by atoms with Crippen molar-refractivity contribution in [1.82, 2.24) is 14.7 Å². The van der Waals surface area contributed by atoms with Crippen LogP contribution in [0.2, 0.25) is 0 Å². The summed E-state index contributed by atoms with van der Waals surface area (Å²) < 4.78 is 1.98.